The number of ether oxygens (including phenoxy) is 2. The Hall–Kier alpha value is -3.34. The fourth-order valence-electron chi connectivity index (χ4n) is 3.65. The molecular weight excluding hydrogens is 384 g/mol. The minimum atomic E-state index is -0.581. The average molecular weight is 410 g/mol. The smallest absolute Gasteiger partial charge is 0.252 e. The number of benzene rings is 1. The number of likely N-dealkylation sites (tertiary alicyclic amines) is 1. The molecule has 0 radical (unpaired) electrons. The van der Waals surface area contributed by atoms with E-state index >= 15 is 0 Å². The van der Waals surface area contributed by atoms with Gasteiger partial charge >= 0.3 is 0 Å². The molecule has 1 aliphatic heterocycles. The highest BCUT2D eigenvalue weighted by Gasteiger charge is 2.32. The number of primary amides is 1. The van der Waals surface area contributed by atoms with Gasteiger partial charge in [0.25, 0.3) is 5.91 Å². The molecule has 1 aliphatic rings. The van der Waals surface area contributed by atoms with Crippen molar-refractivity contribution in [2.45, 2.75) is 33.3 Å². The standard InChI is InChI=1S/C22H26N4O4/c1-13(2)30-20-9-16-18(8-17(20)22(24)28)25-7-5-19(16)29-12-15-11-26(10-14(15)3)21(27)4-6-23/h5,7-9,13-15H,4,10-12H2,1-3H3,(H2,24,28)/t14-,15+/m0/s1. The number of nitriles is 1. The number of hydrogen-bond donors (Lipinski definition) is 1. The number of hydrogen-bond acceptors (Lipinski definition) is 6. The second kappa shape index (κ2) is 8.99. The zero-order chi connectivity index (χ0) is 21.8. The second-order valence-corrected chi connectivity index (χ2v) is 7.89. The van der Waals surface area contributed by atoms with E-state index in [0.717, 1.165) is 5.39 Å². The largest absolute Gasteiger partial charge is 0.492 e. The summed E-state index contributed by atoms with van der Waals surface area (Å²) in [6.07, 6.45) is 1.39. The van der Waals surface area contributed by atoms with Crippen LogP contribution in [-0.2, 0) is 4.79 Å². The van der Waals surface area contributed by atoms with Crippen LogP contribution < -0.4 is 15.2 Å². The van der Waals surface area contributed by atoms with E-state index in [9.17, 15) is 9.59 Å². The van der Waals surface area contributed by atoms with E-state index in [2.05, 4.69) is 11.9 Å². The molecule has 1 fully saturated rings. The molecule has 1 aromatic carbocycles. The van der Waals surface area contributed by atoms with Crippen LogP contribution in [0.4, 0.5) is 0 Å². The van der Waals surface area contributed by atoms with Crippen molar-refractivity contribution in [3.05, 3.63) is 30.0 Å². The first-order valence-electron chi connectivity index (χ1n) is 9.96. The molecule has 3 rings (SSSR count). The van der Waals surface area contributed by atoms with Gasteiger partial charge in [0.05, 0.1) is 29.9 Å². The fraction of sp³-hybridized carbons (Fsp3) is 0.455. The van der Waals surface area contributed by atoms with Gasteiger partial charge in [-0.15, -0.1) is 0 Å². The molecule has 0 spiro atoms. The Bertz CT molecular complexity index is 999. The number of amides is 2. The second-order valence-electron chi connectivity index (χ2n) is 7.89. The summed E-state index contributed by atoms with van der Waals surface area (Å²) in [4.78, 5) is 29.9. The Morgan fingerprint density at radius 3 is 2.77 bits per heavy atom. The van der Waals surface area contributed by atoms with Gasteiger partial charge in [0.2, 0.25) is 5.91 Å². The molecule has 0 saturated carbocycles. The van der Waals surface area contributed by atoms with Gasteiger partial charge in [0.1, 0.15) is 17.9 Å². The molecule has 2 aromatic rings. The molecule has 30 heavy (non-hydrogen) atoms. The quantitative estimate of drug-likeness (QED) is 0.749. The van der Waals surface area contributed by atoms with Crippen LogP contribution in [0.25, 0.3) is 10.9 Å². The van der Waals surface area contributed by atoms with E-state index < -0.39 is 5.91 Å². The van der Waals surface area contributed by atoms with Gasteiger partial charge in [-0.3, -0.25) is 14.6 Å². The summed E-state index contributed by atoms with van der Waals surface area (Å²) in [5.74, 6) is 0.719. The van der Waals surface area contributed by atoms with Gasteiger partial charge in [0.15, 0.2) is 0 Å². The molecule has 2 atom stereocenters. The van der Waals surface area contributed by atoms with Crippen molar-refractivity contribution < 1.29 is 19.1 Å². The molecule has 0 aliphatic carbocycles. The van der Waals surface area contributed by atoms with E-state index in [0.29, 0.717) is 36.7 Å². The van der Waals surface area contributed by atoms with Crippen molar-refractivity contribution in [1.82, 2.24) is 9.88 Å². The molecular formula is C22H26N4O4. The van der Waals surface area contributed by atoms with Gasteiger partial charge in [-0.25, -0.2) is 0 Å². The highest BCUT2D eigenvalue weighted by Crippen LogP contribution is 2.32. The van der Waals surface area contributed by atoms with E-state index in [-0.39, 0.29) is 35.8 Å². The minimum Gasteiger partial charge on any atom is -0.492 e. The molecule has 1 aromatic heterocycles. The molecule has 0 unspecified atom stereocenters. The highest BCUT2D eigenvalue weighted by atomic mass is 16.5. The molecule has 2 N–H and O–H groups in total. The lowest BCUT2D eigenvalue weighted by Gasteiger charge is -2.18. The number of carbonyl (C=O) groups excluding carboxylic acids is 2. The van der Waals surface area contributed by atoms with Crippen molar-refractivity contribution in [2.75, 3.05) is 19.7 Å². The minimum absolute atomic E-state index is 0.101. The Kier molecular flexibility index (Phi) is 6.40. The van der Waals surface area contributed by atoms with Gasteiger partial charge in [-0.05, 0) is 38.0 Å². The first kappa shape index (κ1) is 21.4. The van der Waals surface area contributed by atoms with Crippen LogP contribution in [-0.4, -0.2) is 47.5 Å². The van der Waals surface area contributed by atoms with E-state index in [1.165, 1.54) is 0 Å². The molecule has 2 amide bonds. The maximum absolute atomic E-state index is 12.0. The summed E-state index contributed by atoms with van der Waals surface area (Å²) < 4.78 is 11.9. The van der Waals surface area contributed by atoms with E-state index in [1.807, 2.05) is 19.9 Å². The Morgan fingerprint density at radius 1 is 1.33 bits per heavy atom. The maximum atomic E-state index is 12.0. The van der Waals surface area contributed by atoms with Crippen LogP contribution >= 0.6 is 0 Å². The fourth-order valence-corrected chi connectivity index (χ4v) is 3.65. The third-order valence-corrected chi connectivity index (χ3v) is 5.23. The predicted molar refractivity (Wildman–Crippen MR) is 111 cm³/mol. The SMILES string of the molecule is CC(C)Oc1cc2c(OC[C@H]3CN(C(=O)CC#N)C[C@@H]3C)ccnc2cc1C(N)=O. The van der Waals surface area contributed by atoms with Crippen molar-refractivity contribution >= 4 is 22.7 Å². The number of nitrogens with two attached hydrogens (primary N) is 1. The summed E-state index contributed by atoms with van der Waals surface area (Å²) in [6, 6.07) is 7.02. The van der Waals surface area contributed by atoms with Gasteiger partial charge in [0, 0.05) is 30.6 Å². The highest BCUT2D eigenvalue weighted by molar-refractivity contribution is 6.01. The lowest BCUT2D eigenvalue weighted by molar-refractivity contribution is -0.129. The van der Waals surface area contributed by atoms with Crippen LogP contribution in [0.5, 0.6) is 11.5 Å². The van der Waals surface area contributed by atoms with Gasteiger partial charge in [-0.2, -0.15) is 5.26 Å². The third-order valence-electron chi connectivity index (χ3n) is 5.23. The van der Waals surface area contributed by atoms with Crippen molar-refractivity contribution in [1.29, 1.82) is 5.26 Å². The summed E-state index contributed by atoms with van der Waals surface area (Å²) in [7, 11) is 0. The summed E-state index contributed by atoms with van der Waals surface area (Å²) >= 11 is 0. The zero-order valence-corrected chi connectivity index (χ0v) is 17.4. The average Bonchev–Trinajstić information content (AvgIpc) is 3.06. The lowest BCUT2D eigenvalue weighted by atomic mass is 9.99. The van der Waals surface area contributed by atoms with Crippen LogP contribution in [0.2, 0.25) is 0 Å². The number of fused-ring (bicyclic) bond motifs is 1. The van der Waals surface area contributed by atoms with Crippen molar-refractivity contribution in [3.63, 3.8) is 0 Å². The van der Waals surface area contributed by atoms with Crippen LogP contribution in [0, 0.1) is 23.2 Å². The maximum Gasteiger partial charge on any atom is 0.252 e. The normalized spacial score (nSPS) is 18.4. The monoisotopic (exact) mass is 410 g/mol. The predicted octanol–water partition coefficient (Wildman–Crippen LogP) is 2.51. The van der Waals surface area contributed by atoms with Gasteiger partial charge < -0.3 is 20.1 Å². The van der Waals surface area contributed by atoms with Crippen molar-refractivity contribution in [3.8, 4) is 17.6 Å². The molecule has 2 heterocycles. The van der Waals surface area contributed by atoms with Crippen LogP contribution in [0.1, 0.15) is 37.6 Å². The Labute approximate surface area is 175 Å². The molecule has 8 nitrogen and oxygen atoms in total. The van der Waals surface area contributed by atoms with E-state index in [4.69, 9.17) is 20.5 Å². The van der Waals surface area contributed by atoms with Gasteiger partial charge in [-0.1, -0.05) is 6.92 Å². The summed E-state index contributed by atoms with van der Waals surface area (Å²) in [6.45, 7) is 7.44. The van der Waals surface area contributed by atoms with E-state index in [1.54, 1.807) is 29.3 Å². The summed E-state index contributed by atoms with van der Waals surface area (Å²) in [5, 5.41) is 9.47. The third kappa shape index (κ3) is 4.62. The number of pyridine rings is 1. The van der Waals surface area contributed by atoms with Crippen LogP contribution in [0.3, 0.4) is 0 Å². The Balaban J connectivity index is 1.82. The topological polar surface area (TPSA) is 119 Å². The first-order valence-corrected chi connectivity index (χ1v) is 9.96. The number of rotatable bonds is 7. The summed E-state index contributed by atoms with van der Waals surface area (Å²) in [5.41, 5.74) is 6.37. The zero-order valence-electron chi connectivity index (χ0n) is 17.4. The molecule has 158 valence electrons. The molecule has 8 heteroatoms. The number of carbonyl (C=O) groups is 2. The molecule has 0 bridgehead atoms. The number of aromatic nitrogens is 1. The van der Waals surface area contributed by atoms with Crippen molar-refractivity contribution in [2.24, 2.45) is 17.6 Å². The Morgan fingerprint density at radius 2 is 2.10 bits per heavy atom. The number of nitrogens with zero attached hydrogens (tertiary/aromatic N) is 3. The lowest BCUT2D eigenvalue weighted by Crippen LogP contribution is -2.29. The first-order chi connectivity index (χ1) is 14.3. The molecule has 1 saturated heterocycles. The van der Waals surface area contributed by atoms with Crippen LogP contribution in [0.15, 0.2) is 24.4 Å².